The van der Waals surface area contributed by atoms with E-state index in [1.54, 1.807) is 35.2 Å². The molecule has 148 valence electrons. The van der Waals surface area contributed by atoms with E-state index >= 15 is 0 Å². The molecule has 28 heavy (non-hydrogen) atoms. The zero-order valence-electron chi connectivity index (χ0n) is 16.2. The molecule has 0 spiro atoms. The summed E-state index contributed by atoms with van der Waals surface area (Å²) in [6.45, 7) is 4.80. The van der Waals surface area contributed by atoms with E-state index in [9.17, 15) is 18.8 Å². The lowest BCUT2D eigenvalue weighted by atomic mass is 10.0. The third kappa shape index (κ3) is 5.49. The molecule has 2 rings (SSSR count). The number of likely N-dealkylation sites (N-methyl/N-ethyl adjacent to an activating group) is 1. The van der Waals surface area contributed by atoms with Crippen molar-refractivity contribution in [2.75, 3.05) is 13.1 Å². The van der Waals surface area contributed by atoms with Gasteiger partial charge in [-0.1, -0.05) is 42.5 Å². The molecule has 0 saturated carbocycles. The fourth-order valence-electron chi connectivity index (χ4n) is 2.93. The quantitative estimate of drug-likeness (QED) is 0.673. The van der Waals surface area contributed by atoms with Crippen molar-refractivity contribution in [1.82, 2.24) is 10.2 Å². The molecule has 0 bridgehead atoms. The number of halogens is 1. The maximum atomic E-state index is 13.7. The summed E-state index contributed by atoms with van der Waals surface area (Å²) < 4.78 is 13.7. The van der Waals surface area contributed by atoms with Crippen molar-refractivity contribution in [3.05, 3.63) is 71.5 Å². The number of nitrogens with one attached hydrogen (secondary N) is 1. The van der Waals surface area contributed by atoms with E-state index in [-0.39, 0.29) is 24.3 Å². The Labute approximate surface area is 164 Å². The van der Waals surface area contributed by atoms with Crippen LogP contribution in [0, 0.1) is 5.82 Å². The van der Waals surface area contributed by atoms with Crippen LogP contribution in [-0.4, -0.2) is 35.6 Å². The summed E-state index contributed by atoms with van der Waals surface area (Å²) in [6.07, 6.45) is -0.254. The van der Waals surface area contributed by atoms with Crippen molar-refractivity contribution in [3.63, 3.8) is 0 Å². The van der Waals surface area contributed by atoms with Gasteiger partial charge < -0.3 is 10.2 Å². The molecule has 0 fully saturated rings. The highest BCUT2D eigenvalue weighted by Crippen LogP contribution is 2.17. The standard InChI is InChI=1S/C22H25FN2O3/c1-3-25(4-2)22(28)21(16-10-6-5-7-11-16)24-20(27)15-14-19(26)17-12-8-9-13-18(17)23/h5-13,21H,3-4,14-15H2,1-2H3,(H,24,27). The minimum absolute atomic E-state index is 0.0332. The van der Waals surface area contributed by atoms with Gasteiger partial charge in [0, 0.05) is 25.9 Å². The maximum Gasteiger partial charge on any atom is 0.249 e. The van der Waals surface area contributed by atoms with Gasteiger partial charge in [0.1, 0.15) is 11.9 Å². The van der Waals surface area contributed by atoms with Crippen molar-refractivity contribution in [1.29, 1.82) is 0 Å². The summed E-state index contributed by atoms with van der Waals surface area (Å²) in [6, 6.07) is 13.8. The van der Waals surface area contributed by atoms with Crippen molar-refractivity contribution in [3.8, 4) is 0 Å². The average molecular weight is 384 g/mol. The fourth-order valence-corrected chi connectivity index (χ4v) is 2.93. The van der Waals surface area contributed by atoms with E-state index in [1.165, 1.54) is 18.2 Å². The van der Waals surface area contributed by atoms with Gasteiger partial charge in [-0.05, 0) is 31.5 Å². The van der Waals surface area contributed by atoms with Crippen molar-refractivity contribution in [2.45, 2.75) is 32.7 Å². The Morgan fingerprint density at radius 3 is 2.14 bits per heavy atom. The van der Waals surface area contributed by atoms with E-state index < -0.39 is 23.5 Å². The number of hydrogen-bond acceptors (Lipinski definition) is 3. The highest BCUT2D eigenvalue weighted by molar-refractivity contribution is 5.98. The highest BCUT2D eigenvalue weighted by atomic mass is 19.1. The van der Waals surface area contributed by atoms with Gasteiger partial charge in [0.05, 0.1) is 5.56 Å². The molecule has 0 aliphatic rings. The second-order valence-corrected chi connectivity index (χ2v) is 6.32. The molecule has 0 radical (unpaired) electrons. The predicted octanol–water partition coefficient (Wildman–Crippen LogP) is 3.51. The molecule has 6 heteroatoms. The molecule has 1 N–H and O–H groups in total. The number of rotatable bonds is 9. The van der Waals surface area contributed by atoms with Gasteiger partial charge >= 0.3 is 0 Å². The van der Waals surface area contributed by atoms with E-state index in [0.717, 1.165) is 0 Å². The molecule has 2 aromatic carbocycles. The molecule has 0 aliphatic heterocycles. The van der Waals surface area contributed by atoms with Crippen LogP contribution in [-0.2, 0) is 9.59 Å². The summed E-state index contributed by atoms with van der Waals surface area (Å²) in [5.74, 6) is -1.68. The van der Waals surface area contributed by atoms with Gasteiger partial charge in [-0.15, -0.1) is 0 Å². The molecule has 1 unspecified atom stereocenters. The Morgan fingerprint density at radius 2 is 1.54 bits per heavy atom. The third-order valence-electron chi connectivity index (χ3n) is 4.51. The second kappa shape index (κ2) is 10.3. The third-order valence-corrected chi connectivity index (χ3v) is 4.51. The monoisotopic (exact) mass is 384 g/mol. The second-order valence-electron chi connectivity index (χ2n) is 6.32. The van der Waals surface area contributed by atoms with E-state index in [4.69, 9.17) is 0 Å². The smallest absolute Gasteiger partial charge is 0.249 e. The molecule has 0 heterocycles. The van der Waals surface area contributed by atoms with Gasteiger partial charge in [0.15, 0.2) is 5.78 Å². The van der Waals surface area contributed by atoms with Gasteiger partial charge in [-0.2, -0.15) is 0 Å². The zero-order valence-corrected chi connectivity index (χ0v) is 16.2. The first-order valence-corrected chi connectivity index (χ1v) is 9.38. The lowest BCUT2D eigenvalue weighted by Gasteiger charge is -2.26. The Balaban J connectivity index is 2.07. The fraction of sp³-hybridized carbons (Fsp3) is 0.318. The molecule has 1 atom stereocenters. The Morgan fingerprint density at radius 1 is 0.929 bits per heavy atom. The summed E-state index contributed by atoms with van der Waals surface area (Å²) in [4.78, 5) is 39.1. The predicted molar refractivity (Wildman–Crippen MR) is 105 cm³/mol. The van der Waals surface area contributed by atoms with Crippen LogP contribution in [0.25, 0.3) is 0 Å². The molecular formula is C22H25FN2O3. The lowest BCUT2D eigenvalue weighted by Crippen LogP contribution is -2.42. The molecular weight excluding hydrogens is 359 g/mol. The lowest BCUT2D eigenvalue weighted by molar-refractivity contribution is -0.136. The molecule has 2 aromatic rings. The molecule has 0 aromatic heterocycles. The topological polar surface area (TPSA) is 66.5 Å². The summed E-state index contributed by atoms with van der Waals surface area (Å²) in [5, 5.41) is 2.73. The van der Waals surface area contributed by atoms with Gasteiger partial charge in [0.25, 0.3) is 0 Å². The minimum Gasteiger partial charge on any atom is -0.341 e. The summed E-state index contributed by atoms with van der Waals surface area (Å²) >= 11 is 0. The van der Waals surface area contributed by atoms with Crippen LogP contribution < -0.4 is 5.32 Å². The summed E-state index contributed by atoms with van der Waals surface area (Å²) in [5.41, 5.74) is 0.641. The van der Waals surface area contributed by atoms with Gasteiger partial charge in [0.2, 0.25) is 11.8 Å². The van der Waals surface area contributed by atoms with Crippen molar-refractivity contribution >= 4 is 17.6 Å². The normalized spacial score (nSPS) is 11.5. The highest BCUT2D eigenvalue weighted by Gasteiger charge is 2.26. The largest absolute Gasteiger partial charge is 0.341 e. The molecule has 0 saturated heterocycles. The van der Waals surface area contributed by atoms with E-state index in [2.05, 4.69) is 5.32 Å². The molecule has 0 aliphatic carbocycles. The first kappa shape index (κ1) is 21.3. The van der Waals surface area contributed by atoms with E-state index in [0.29, 0.717) is 18.7 Å². The number of ketones is 1. The Hall–Kier alpha value is -3.02. The van der Waals surface area contributed by atoms with Gasteiger partial charge in [-0.3, -0.25) is 14.4 Å². The van der Waals surface area contributed by atoms with Crippen LogP contribution >= 0.6 is 0 Å². The Bertz CT molecular complexity index is 820. The van der Waals surface area contributed by atoms with Crippen LogP contribution in [0.1, 0.15) is 48.7 Å². The van der Waals surface area contributed by atoms with Crippen LogP contribution in [0.2, 0.25) is 0 Å². The number of nitrogens with zero attached hydrogens (tertiary/aromatic N) is 1. The van der Waals surface area contributed by atoms with Crippen LogP contribution in [0.4, 0.5) is 4.39 Å². The minimum atomic E-state index is -0.822. The SMILES string of the molecule is CCN(CC)C(=O)C(NC(=O)CCC(=O)c1ccccc1F)c1ccccc1. The van der Waals surface area contributed by atoms with Crippen molar-refractivity contribution < 1.29 is 18.8 Å². The zero-order chi connectivity index (χ0) is 20.5. The number of Topliss-reactive ketones (excluding diaryl/α,β-unsaturated/α-hetero) is 1. The van der Waals surface area contributed by atoms with Crippen LogP contribution in [0.3, 0.4) is 0 Å². The van der Waals surface area contributed by atoms with Crippen molar-refractivity contribution in [2.24, 2.45) is 0 Å². The number of carbonyl (C=O) groups excluding carboxylic acids is 3. The molecule has 5 nitrogen and oxygen atoms in total. The number of carbonyl (C=O) groups is 3. The number of amides is 2. The average Bonchev–Trinajstić information content (AvgIpc) is 2.72. The van der Waals surface area contributed by atoms with E-state index in [1.807, 2.05) is 19.9 Å². The Kier molecular flexibility index (Phi) is 7.87. The van der Waals surface area contributed by atoms with Crippen LogP contribution in [0.5, 0.6) is 0 Å². The number of benzene rings is 2. The first-order valence-electron chi connectivity index (χ1n) is 9.38. The maximum absolute atomic E-state index is 13.7. The number of hydrogen-bond donors (Lipinski definition) is 1. The summed E-state index contributed by atoms with van der Waals surface area (Å²) in [7, 11) is 0. The molecule has 2 amide bonds. The van der Waals surface area contributed by atoms with Gasteiger partial charge in [-0.25, -0.2) is 4.39 Å². The first-order chi connectivity index (χ1) is 13.5. The van der Waals surface area contributed by atoms with Crippen LogP contribution in [0.15, 0.2) is 54.6 Å².